The van der Waals surface area contributed by atoms with Gasteiger partial charge in [0, 0.05) is 0 Å². The summed E-state index contributed by atoms with van der Waals surface area (Å²) < 4.78 is 5.89. The minimum Gasteiger partial charge on any atom is -0.457 e. The van der Waals surface area contributed by atoms with E-state index < -0.39 is 0 Å². The smallest absolute Gasteiger partial charge is 0.240 e. The van der Waals surface area contributed by atoms with E-state index in [9.17, 15) is 9.59 Å². The van der Waals surface area contributed by atoms with Crippen LogP contribution in [0.15, 0.2) is 34.3 Å². The van der Waals surface area contributed by atoms with Gasteiger partial charge in [-0.25, -0.2) is 9.59 Å². The van der Waals surface area contributed by atoms with Crippen molar-refractivity contribution in [1.82, 2.24) is 0 Å². The first-order valence-electron chi connectivity index (χ1n) is 7.02. The maximum absolute atomic E-state index is 10.5. The first-order chi connectivity index (χ1) is 11.0. The quantitative estimate of drug-likeness (QED) is 0.610. The Bertz CT molecular complexity index is 741. The number of nitrogens with zero attached hydrogens (tertiary/aromatic N) is 2. The second-order valence-electron chi connectivity index (χ2n) is 5.32. The molecule has 0 spiro atoms. The zero-order chi connectivity index (χ0) is 17.0. The molecule has 0 saturated heterocycles. The fourth-order valence-corrected chi connectivity index (χ4v) is 2.53. The highest BCUT2D eigenvalue weighted by molar-refractivity contribution is 5.62. The van der Waals surface area contributed by atoms with Crippen LogP contribution in [-0.4, -0.2) is 12.2 Å². The Balaban J connectivity index is 2.40. The lowest BCUT2D eigenvalue weighted by Crippen LogP contribution is -1.90. The predicted molar refractivity (Wildman–Crippen MR) is 87.5 cm³/mol. The average Bonchev–Trinajstić information content (AvgIpc) is 2.47. The number of hydrogen-bond donors (Lipinski definition) is 0. The molecule has 0 amide bonds. The highest BCUT2D eigenvalue weighted by Crippen LogP contribution is 2.34. The third kappa shape index (κ3) is 3.61. The normalized spacial score (nSPS) is 9.74. The molecule has 0 aromatic heterocycles. The Kier molecular flexibility index (Phi) is 4.87. The van der Waals surface area contributed by atoms with Gasteiger partial charge in [-0.05, 0) is 74.2 Å². The summed E-state index contributed by atoms with van der Waals surface area (Å²) in [5.74, 6) is 1.30. The van der Waals surface area contributed by atoms with E-state index in [1.54, 1.807) is 12.2 Å². The molecule has 2 aromatic rings. The van der Waals surface area contributed by atoms with Crippen molar-refractivity contribution in [2.45, 2.75) is 27.7 Å². The fourth-order valence-electron chi connectivity index (χ4n) is 2.53. The number of aliphatic imine (C=N–C) groups is 2. The van der Waals surface area contributed by atoms with E-state index in [0.29, 0.717) is 22.9 Å². The minimum absolute atomic E-state index is 0.607. The maximum Gasteiger partial charge on any atom is 0.240 e. The fraction of sp³-hybridized carbons (Fsp3) is 0.222. The Labute approximate surface area is 134 Å². The van der Waals surface area contributed by atoms with E-state index in [0.717, 1.165) is 22.3 Å². The maximum atomic E-state index is 10.5. The van der Waals surface area contributed by atoms with Crippen LogP contribution in [0.4, 0.5) is 11.4 Å². The highest BCUT2D eigenvalue weighted by atomic mass is 16.5. The minimum atomic E-state index is 0.607. The van der Waals surface area contributed by atoms with Crippen molar-refractivity contribution >= 4 is 23.5 Å². The number of carbonyl (C=O) groups excluding carboxylic acids is 2. The van der Waals surface area contributed by atoms with Crippen LogP contribution in [0.25, 0.3) is 0 Å². The van der Waals surface area contributed by atoms with Crippen LogP contribution < -0.4 is 4.74 Å². The lowest BCUT2D eigenvalue weighted by Gasteiger charge is -2.12. The molecule has 0 bridgehead atoms. The summed E-state index contributed by atoms with van der Waals surface area (Å²) in [4.78, 5) is 28.3. The van der Waals surface area contributed by atoms with E-state index in [-0.39, 0.29) is 0 Å². The van der Waals surface area contributed by atoms with Crippen LogP contribution in [0.2, 0.25) is 0 Å². The van der Waals surface area contributed by atoms with E-state index >= 15 is 0 Å². The lowest BCUT2D eigenvalue weighted by atomic mass is 10.1. The second kappa shape index (κ2) is 6.84. The molecule has 0 aliphatic heterocycles. The molecule has 0 radical (unpaired) electrons. The predicted octanol–water partition coefficient (Wildman–Crippen LogP) is 4.65. The average molecular weight is 308 g/mol. The van der Waals surface area contributed by atoms with Crippen LogP contribution in [0, 0.1) is 27.7 Å². The summed E-state index contributed by atoms with van der Waals surface area (Å²) in [6.45, 7) is 7.42. The van der Waals surface area contributed by atoms with Gasteiger partial charge < -0.3 is 4.74 Å². The number of ether oxygens (including phenoxy) is 1. The molecular weight excluding hydrogens is 292 g/mol. The molecule has 0 heterocycles. The summed E-state index contributed by atoms with van der Waals surface area (Å²) in [7, 11) is 0. The Morgan fingerprint density at radius 3 is 1.26 bits per heavy atom. The molecule has 0 unspecified atom stereocenters. The van der Waals surface area contributed by atoms with Crippen LogP contribution in [-0.2, 0) is 9.59 Å². The van der Waals surface area contributed by atoms with E-state index in [2.05, 4.69) is 9.98 Å². The van der Waals surface area contributed by atoms with E-state index in [1.165, 1.54) is 0 Å². The number of rotatable bonds is 4. The van der Waals surface area contributed by atoms with Crippen molar-refractivity contribution in [3.63, 3.8) is 0 Å². The molecule has 5 nitrogen and oxygen atoms in total. The zero-order valence-electron chi connectivity index (χ0n) is 13.4. The van der Waals surface area contributed by atoms with Gasteiger partial charge in [-0.3, -0.25) is 0 Å². The zero-order valence-corrected chi connectivity index (χ0v) is 13.4. The molecule has 0 fully saturated rings. The molecule has 0 aliphatic rings. The van der Waals surface area contributed by atoms with Gasteiger partial charge in [0.15, 0.2) is 0 Å². The summed E-state index contributed by atoms with van der Waals surface area (Å²) in [5, 5.41) is 0. The third-order valence-corrected chi connectivity index (χ3v) is 3.48. The van der Waals surface area contributed by atoms with Crippen molar-refractivity contribution in [3.8, 4) is 11.5 Å². The van der Waals surface area contributed by atoms with Crippen molar-refractivity contribution < 1.29 is 14.3 Å². The molecule has 0 saturated carbocycles. The summed E-state index contributed by atoms with van der Waals surface area (Å²) >= 11 is 0. The second-order valence-corrected chi connectivity index (χ2v) is 5.32. The van der Waals surface area contributed by atoms with Gasteiger partial charge in [-0.2, -0.15) is 9.98 Å². The number of hydrogen-bond acceptors (Lipinski definition) is 5. The van der Waals surface area contributed by atoms with Crippen LogP contribution in [0.1, 0.15) is 22.3 Å². The first-order valence-corrected chi connectivity index (χ1v) is 7.02. The molecule has 0 N–H and O–H groups in total. The number of benzene rings is 2. The van der Waals surface area contributed by atoms with Gasteiger partial charge in [0.05, 0.1) is 11.4 Å². The number of isocyanates is 2. The molecule has 23 heavy (non-hydrogen) atoms. The molecule has 2 rings (SSSR count). The van der Waals surface area contributed by atoms with Crippen LogP contribution >= 0.6 is 0 Å². The van der Waals surface area contributed by atoms with Gasteiger partial charge in [-0.15, -0.1) is 0 Å². The van der Waals surface area contributed by atoms with Gasteiger partial charge in [0.25, 0.3) is 0 Å². The SMILES string of the molecule is Cc1cc(Oc2cc(C)c(N=C=O)c(C)c2)cc(C)c1N=C=O. The van der Waals surface area contributed by atoms with Gasteiger partial charge >= 0.3 is 0 Å². The standard InChI is InChI=1S/C18H16N2O3/c1-11-5-15(6-12(2)17(11)19-9-21)23-16-7-13(3)18(20-10-22)14(4)8-16/h5-8H,1-4H3. The summed E-state index contributed by atoms with van der Waals surface area (Å²) in [6, 6.07) is 7.24. The van der Waals surface area contributed by atoms with E-state index in [4.69, 9.17) is 4.74 Å². The van der Waals surface area contributed by atoms with Gasteiger partial charge in [-0.1, -0.05) is 0 Å². The Morgan fingerprint density at radius 1 is 0.696 bits per heavy atom. The summed E-state index contributed by atoms with van der Waals surface area (Å²) in [5.41, 5.74) is 4.54. The van der Waals surface area contributed by atoms with Gasteiger partial charge in [0.2, 0.25) is 12.2 Å². The molecular formula is C18H16N2O3. The van der Waals surface area contributed by atoms with Crippen LogP contribution in [0.5, 0.6) is 11.5 Å². The topological polar surface area (TPSA) is 68.1 Å². The Morgan fingerprint density at radius 2 is 1.00 bits per heavy atom. The molecule has 2 aromatic carbocycles. The molecule has 116 valence electrons. The van der Waals surface area contributed by atoms with Crippen molar-refractivity contribution in [3.05, 3.63) is 46.5 Å². The first kappa shape index (κ1) is 16.4. The molecule has 0 atom stereocenters. The molecule has 0 aliphatic carbocycles. The third-order valence-electron chi connectivity index (χ3n) is 3.48. The van der Waals surface area contributed by atoms with Crippen LogP contribution in [0.3, 0.4) is 0 Å². The highest BCUT2D eigenvalue weighted by Gasteiger charge is 2.09. The lowest BCUT2D eigenvalue weighted by molar-refractivity contribution is 0.481. The van der Waals surface area contributed by atoms with E-state index in [1.807, 2.05) is 52.0 Å². The monoisotopic (exact) mass is 308 g/mol. The van der Waals surface area contributed by atoms with Crippen molar-refractivity contribution in [1.29, 1.82) is 0 Å². The van der Waals surface area contributed by atoms with Crippen molar-refractivity contribution in [2.75, 3.05) is 0 Å². The largest absolute Gasteiger partial charge is 0.457 e. The number of aryl methyl sites for hydroxylation is 4. The molecule has 5 heteroatoms. The van der Waals surface area contributed by atoms with Gasteiger partial charge in [0.1, 0.15) is 11.5 Å². The van der Waals surface area contributed by atoms with Crippen molar-refractivity contribution in [2.24, 2.45) is 9.98 Å². The Hall–Kier alpha value is -3.00. The summed E-state index contributed by atoms with van der Waals surface area (Å²) in [6.07, 6.45) is 3.12.